The summed E-state index contributed by atoms with van der Waals surface area (Å²) in [6.07, 6.45) is 2.57. The van der Waals surface area contributed by atoms with E-state index in [1.54, 1.807) is 0 Å². The minimum Gasteiger partial charge on any atom is -0.329 e. The molecule has 0 radical (unpaired) electrons. The predicted molar refractivity (Wildman–Crippen MR) is 81.3 cm³/mol. The molecule has 3 nitrogen and oxygen atoms in total. The Hall–Kier alpha value is -0.900. The van der Waals surface area contributed by atoms with E-state index in [2.05, 4.69) is 55.1 Å². The lowest BCUT2D eigenvalue weighted by molar-refractivity contribution is 0.0984. The van der Waals surface area contributed by atoms with Crippen LogP contribution >= 0.6 is 0 Å². The second-order valence-corrected chi connectivity index (χ2v) is 5.92. The van der Waals surface area contributed by atoms with E-state index in [0.717, 1.165) is 6.54 Å². The van der Waals surface area contributed by atoms with Crippen LogP contribution in [0.2, 0.25) is 0 Å². The Labute approximate surface area is 117 Å². The lowest BCUT2D eigenvalue weighted by Gasteiger charge is -2.40. The molecule has 3 heteroatoms. The first kappa shape index (κ1) is 14.5. The molecule has 1 aliphatic rings. The normalized spacial score (nSPS) is 22.7. The van der Waals surface area contributed by atoms with Crippen LogP contribution < -0.4 is 5.73 Å². The highest BCUT2D eigenvalue weighted by atomic mass is 15.2. The van der Waals surface area contributed by atoms with Gasteiger partial charge in [0.05, 0.1) is 0 Å². The Kier molecular flexibility index (Phi) is 4.97. The average molecular weight is 261 g/mol. The molecule has 19 heavy (non-hydrogen) atoms. The lowest BCUT2D eigenvalue weighted by Crippen LogP contribution is -2.47. The van der Waals surface area contributed by atoms with Gasteiger partial charge in [0.25, 0.3) is 0 Å². The summed E-state index contributed by atoms with van der Waals surface area (Å²) >= 11 is 0. The fourth-order valence-corrected chi connectivity index (χ4v) is 3.06. The van der Waals surface area contributed by atoms with Gasteiger partial charge in [-0.05, 0) is 46.0 Å². The first-order valence-corrected chi connectivity index (χ1v) is 7.29. The first-order valence-electron chi connectivity index (χ1n) is 7.29. The van der Waals surface area contributed by atoms with E-state index in [0.29, 0.717) is 18.6 Å². The van der Waals surface area contributed by atoms with Gasteiger partial charge in [0, 0.05) is 25.2 Å². The molecule has 2 N–H and O–H groups in total. The Morgan fingerprint density at radius 3 is 2.84 bits per heavy atom. The van der Waals surface area contributed by atoms with Crippen LogP contribution in [0.3, 0.4) is 0 Å². The van der Waals surface area contributed by atoms with Crippen molar-refractivity contribution >= 4 is 0 Å². The number of benzene rings is 1. The summed E-state index contributed by atoms with van der Waals surface area (Å²) in [5.74, 6) is 0. The largest absolute Gasteiger partial charge is 0.329 e. The third-order valence-corrected chi connectivity index (χ3v) is 4.25. The Morgan fingerprint density at radius 2 is 2.21 bits per heavy atom. The maximum atomic E-state index is 6.05. The van der Waals surface area contributed by atoms with Crippen LogP contribution in [0.5, 0.6) is 0 Å². The number of likely N-dealkylation sites (N-methyl/N-ethyl adjacent to an activating group) is 1. The van der Waals surface area contributed by atoms with Crippen molar-refractivity contribution in [2.45, 2.75) is 31.8 Å². The molecule has 0 saturated carbocycles. The smallest absolute Gasteiger partial charge is 0.0471 e. The summed E-state index contributed by atoms with van der Waals surface area (Å²) < 4.78 is 0. The molecular weight excluding hydrogens is 234 g/mol. The molecule has 1 aromatic carbocycles. The molecule has 0 aromatic heterocycles. The van der Waals surface area contributed by atoms with Crippen LogP contribution in [0.4, 0.5) is 0 Å². The van der Waals surface area contributed by atoms with Crippen molar-refractivity contribution in [1.82, 2.24) is 9.80 Å². The first-order chi connectivity index (χ1) is 9.11. The van der Waals surface area contributed by atoms with E-state index in [1.807, 2.05) is 0 Å². The Balaban J connectivity index is 2.13. The Morgan fingerprint density at radius 1 is 1.42 bits per heavy atom. The van der Waals surface area contributed by atoms with Crippen molar-refractivity contribution in [3.63, 3.8) is 0 Å². The molecule has 1 heterocycles. The van der Waals surface area contributed by atoms with Crippen molar-refractivity contribution in [3.8, 4) is 0 Å². The number of hydrogen-bond acceptors (Lipinski definition) is 3. The summed E-state index contributed by atoms with van der Waals surface area (Å²) in [4.78, 5) is 4.90. The van der Waals surface area contributed by atoms with Gasteiger partial charge in [0.1, 0.15) is 0 Å². The van der Waals surface area contributed by atoms with Crippen molar-refractivity contribution < 1.29 is 0 Å². The van der Waals surface area contributed by atoms with Gasteiger partial charge in [0.15, 0.2) is 0 Å². The number of aryl methyl sites for hydroxylation is 1. The van der Waals surface area contributed by atoms with Crippen LogP contribution in [0.25, 0.3) is 0 Å². The molecule has 1 saturated heterocycles. The zero-order valence-corrected chi connectivity index (χ0v) is 12.5. The predicted octanol–water partition coefficient (Wildman–Crippen LogP) is 2.02. The highest BCUT2D eigenvalue weighted by Gasteiger charge is 2.26. The minimum atomic E-state index is 0.364. The maximum absolute atomic E-state index is 6.05. The molecule has 2 atom stereocenters. The van der Waals surface area contributed by atoms with Crippen LogP contribution in [-0.4, -0.2) is 49.6 Å². The minimum absolute atomic E-state index is 0.364. The van der Waals surface area contributed by atoms with E-state index in [9.17, 15) is 0 Å². The molecule has 2 rings (SSSR count). The van der Waals surface area contributed by atoms with Gasteiger partial charge in [-0.25, -0.2) is 0 Å². The van der Waals surface area contributed by atoms with Gasteiger partial charge in [-0.3, -0.25) is 4.90 Å². The summed E-state index contributed by atoms with van der Waals surface area (Å²) in [5.41, 5.74) is 8.73. The van der Waals surface area contributed by atoms with Gasteiger partial charge in [-0.1, -0.05) is 29.8 Å². The van der Waals surface area contributed by atoms with Gasteiger partial charge in [0.2, 0.25) is 0 Å². The van der Waals surface area contributed by atoms with Gasteiger partial charge < -0.3 is 10.6 Å². The molecular formula is C16H27N3. The van der Waals surface area contributed by atoms with E-state index in [-0.39, 0.29) is 0 Å². The summed E-state index contributed by atoms with van der Waals surface area (Å²) in [6, 6.07) is 9.80. The SMILES string of the molecule is Cc1cccc(C(CN)N2CCCC(N(C)C)C2)c1. The number of likely N-dealkylation sites (tertiary alicyclic amines) is 1. The molecule has 106 valence electrons. The van der Waals surface area contributed by atoms with Crippen molar-refractivity contribution in [2.75, 3.05) is 33.7 Å². The van der Waals surface area contributed by atoms with Gasteiger partial charge in [-0.15, -0.1) is 0 Å². The highest BCUT2D eigenvalue weighted by Crippen LogP contribution is 2.25. The molecule has 0 amide bonds. The highest BCUT2D eigenvalue weighted by molar-refractivity contribution is 5.25. The number of hydrogen-bond donors (Lipinski definition) is 1. The molecule has 1 fully saturated rings. The van der Waals surface area contributed by atoms with Crippen LogP contribution in [0, 0.1) is 6.92 Å². The topological polar surface area (TPSA) is 32.5 Å². The number of rotatable bonds is 4. The van der Waals surface area contributed by atoms with E-state index in [4.69, 9.17) is 5.73 Å². The Bertz CT molecular complexity index is 403. The number of nitrogens with zero attached hydrogens (tertiary/aromatic N) is 2. The van der Waals surface area contributed by atoms with E-state index < -0.39 is 0 Å². The fraction of sp³-hybridized carbons (Fsp3) is 0.625. The summed E-state index contributed by atoms with van der Waals surface area (Å²) in [7, 11) is 4.36. The second-order valence-electron chi connectivity index (χ2n) is 5.92. The van der Waals surface area contributed by atoms with Crippen LogP contribution in [0.15, 0.2) is 24.3 Å². The summed E-state index contributed by atoms with van der Waals surface area (Å²) in [5, 5.41) is 0. The van der Waals surface area contributed by atoms with Crippen LogP contribution in [0.1, 0.15) is 30.0 Å². The zero-order valence-electron chi connectivity index (χ0n) is 12.5. The standard InChI is InChI=1S/C16H27N3/c1-13-6-4-7-14(10-13)16(11-17)19-9-5-8-15(12-19)18(2)3/h4,6-7,10,15-16H,5,8-9,11-12,17H2,1-3H3. The molecule has 0 aliphatic carbocycles. The van der Waals surface area contributed by atoms with E-state index >= 15 is 0 Å². The summed E-state index contributed by atoms with van der Waals surface area (Å²) in [6.45, 7) is 5.14. The number of piperidine rings is 1. The van der Waals surface area contributed by atoms with Crippen molar-refractivity contribution in [3.05, 3.63) is 35.4 Å². The second kappa shape index (κ2) is 6.51. The van der Waals surface area contributed by atoms with Crippen molar-refractivity contribution in [1.29, 1.82) is 0 Å². The molecule has 1 aliphatic heterocycles. The molecule has 0 bridgehead atoms. The molecule has 1 aromatic rings. The van der Waals surface area contributed by atoms with Crippen LogP contribution in [-0.2, 0) is 0 Å². The molecule has 2 unspecified atom stereocenters. The molecule has 0 spiro atoms. The maximum Gasteiger partial charge on any atom is 0.0471 e. The lowest BCUT2D eigenvalue weighted by atomic mass is 9.98. The quantitative estimate of drug-likeness (QED) is 0.900. The third-order valence-electron chi connectivity index (χ3n) is 4.25. The van der Waals surface area contributed by atoms with Gasteiger partial charge in [-0.2, -0.15) is 0 Å². The fourth-order valence-electron chi connectivity index (χ4n) is 3.06. The van der Waals surface area contributed by atoms with Crippen molar-refractivity contribution in [2.24, 2.45) is 5.73 Å². The zero-order chi connectivity index (χ0) is 13.8. The average Bonchev–Trinajstić information content (AvgIpc) is 2.40. The third kappa shape index (κ3) is 3.56. The van der Waals surface area contributed by atoms with Gasteiger partial charge >= 0.3 is 0 Å². The monoisotopic (exact) mass is 261 g/mol. The van der Waals surface area contributed by atoms with E-state index in [1.165, 1.54) is 30.5 Å². The number of nitrogens with two attached hydrogens (primary N) is 1.